The number of hydrogen-bond acceptors (Lipinski definition) is 3. The molecule has 4 rings (SSSR count). The van der Waals surface area contributed by atoms with Gasteiger partial charge in [0, 0.05) is 16.3 Å². The number of hydrogen-bond donors (Lipinski definition) is 1. The van der Waals surface area contributed by atoms with Crippen LogP contribution in [0.2, 0.25) is 0 Å². The van der Waals surface area contributed by atoms with Gasteiger partial charge >= 0.3 is 0 Å². The van der Waals surface area contributed by atoms with Crippen LogP contribution in [0.5, 0.6) is 0 Å². The number of nitrogens with one attached hydrogen (secondary N) is 1. The molecule has 3 nitrogen and oxygen atoms in total. The highest BCUT2D eigenvalue weighted by molar-refractivity contribution is 7.08. The van der Waals surface area contributed by atoms with Gasteiger partial charge in [-0.1, -0.05) is 18.2 Å². The SMILES string of the molecule is c1ccc2c(c1)ncc1[nH]c(-c3ccsc3)nc12. The monoisotopic (exact) mass is 251 g/mol. The molecule has 0 aliphatic heterocycles. The number of H-pyrrole nitrogens is 1. The zero-order valence-corrected chi connectivity index (χ0v) is 10.2. The number of para-hydroxylation sites is 1. The molecule has 4 heteroatoms. The largest absolute Gasteiger partial charge is 0.337 e. The second-order valence-electron chi connectivity index (χ2n) is 4.14. The highest BCUT2D eigenvalue weighted by Gasteiger charge is 2.08. The zero-order chi connectivity index (χ0) is 11.9. The predicted octanol–water partition coefficient (Wildman–Crippen LogP) is 3.84. The summed E-state index contributed by atoms with van der Waals surface area (Å²) >= 11 is 1.67. The summed E-state index contributed by atoms with van der Waals surface area (Å²) in [5.41, 5.74) is 4.07. The second-order valence-corrected chi connectivity index (χ2v) is 4.92. The lowest BCUT2D eigenvalue weighted by Gasteiger charge is -1.95. The van der Waals surface area contributed by atoms with Crippen LogP contribution in [-0.2, 0) is 0 Å². The summed E-state index contributed by atoms with van der Waals surface area (Å²) in [4.78, 5) is 12.5. The summed E-state index contributed by atoms with van der Waals surface area (Å²) < 4.78 is 0. The first kappa shape index (κ1) is 9.79. The van der Waals surface area contributed by atoms with E-state index in [1.807, 2.05) is 24.4 Å². The van der Waals surface area contributed by atoms with Crippen LogP contribution in [0.4, 0.5) is 0 Å². The molecule has 0 fully saturated rings. The molecule has 18 heavy (non-hydrogen) atoms. The van der Waals surface area contributed by atoms with E-state index in [2.05, 4.69) is 32.9 Å². The van der Waals surface area contributed by atoms with E-state index in [1.165, 1.54) is 0 Å². The van der Waals surface area contributed by atoms with Gasteiger partial charge in [0.2, 0.25) is 0 Å². The Labute approximate surface area is 107 Å². The van der Waals surface area contributed by atoms with Crippen molar-refractivity contribution in [2.24, 2.45) is 0 Å². The summed E-state index contributed by atoms with van der Waals surface area (Å²) in [6.45, 7) is 0. The molecule has 0 aliphatic rings. The Morgan fingerprint density at radius 2 is 2.06 bits per heavy atom. The summed E-state index contributed by atoms with van der Waals surface area (Å²) in [5.74, 6) is 0.907. The van der Waals surface area contributed by atoms with Gasteiger partial charge in [-0.3, -0.25) is 4.98 Å². The molecule has 1 N–H and O–H groups in total. The third-order valence-electron chi connectivity index (χ3n) is 3.02. The molecule has 0 amide bonds. The van der Waals surface area contributed by atoms with E-state index in [-0.39, 0.29) is 0 Å². The Balaban J connectivity index is 2.08. The number of pyridine rings is 1. The number of aromatic amines is 1. The number of thiophene rings is 1. The average Bonchev–Trinajstić information content (AvgIpc) is 3.07. The first-order chi connectivity index (χ1) is 8.92. The van der Waals surface area contributed by atoms with Crippen molar-refractivity contribution in [3.05, 3.63) is 47.3 Å². The Hall–Kier alpha value is -2.20. The maximum Gasteiger partial charge on any atom is 0.139 e. The average molecular weight is 251 g/mol. The number of nitrogens with zero attached hydrogens (tertiary/aromatic N) is 2. The topological polar surface area (TPSA) is 41.6 Å². The minimum Gasteiger partial charge on any atom is -0.337 e. The van der Waals surface area contributed by atoms with Crippen LogP contribution in [0.1, 0.15) is 0 Å². The Morgan fingerprint density at radius 1 is 1.11 bits per heavy atom. The second kappa shape index (κ2) is 3.65. The normalized spacial score (nSPS) is 11.3. The minimum absolute atomic E-state index is 0.907. The summed E-state index contributed by atoms with van der Waals surface area (Å²) in [6, 6.07) is 10.1. The molecule has 3 heterocycles. The minimum atomic E-state index is 0.907. The lowest BCUT2D eigenvalue weighted by Crippen LogP contribution is -1.79. The van der Waals surface area contributed by atoms with Crippen molar-refractivity contribution >= 4 is 33.3 Å². The number of fused-ring (bicyclic) bond motifs is 3. The standard InChI is InChI=1S/C14H9N3S/c1-2-4-11-10(3-1)13-12(7-15-11)16-14(17-13)9-5-6-18-8-9/h1-8H,(H,16,17). The molecule has 0 aliphatic carbocycles. The molecule has 1 aromatic carbocycles. The van der Waals surface area contributed by atoms with Gasteiger partial charge in [-0.25, -0.2) is 4.98 Å². The van der Waals surface area contributed by atoms with Gasteiger partial charge in [0.25, 0.3) is 0 Å². The molecule has 4 aromatic rings. The molecule has 3 aromatic heterocycles. The fourth-order valence-electron chi connectivity index (χ4n) is 2.14. The van der Waals surface area contributed by atoms with Gasteiger partial charge in [-0.15, -0.1) is 0 Å². The van der Waals surface area contributed by atoms with Crippen LogP contribution < -0.4 is 0 Å². The van der Waals surface area contributed by atoms with E-state index >= 15 is 0 Å². The summed E-state index contributed by atoms with van der Waals surface area (Å²) in [7, 11) is 0. The van der Waals surface area contributed by atoms with Crippen molar-refractivity contribution in [2.75, 3.05) is 0 Å². The van der Waals surface area contributed by atoms with Gasteiger partial charge in [-0.2, -0.15) is 11.3 Å². The quantitative estimate of drug-likeness (QED) is 0.558. The van der Waals surface area contributed by atoms with Crippen molar-refractivity contribution in [3.63, 3.8) is 0 Å². The fourth-order valence-corrected chi connectivity index (χ4v) is 2.78. The van der Waals surface area contributed by atoms with Gasteiger partial charge in [0.05, 0.1) is 22.7 Å². The van der Waals surface area contributed by atoms with Crippen LogP contribution in [0.3, 0.4) is 0 Å². The van der Waals surface area contributed by atoms with Crippen molar-refractivity contribution < 1.29 is 0 Å². The van der Waals surface area contributed by atoms with E-state index in [1.54, 1.807) is 11.3 Å². The van der Waals surface area contributed by atoms with E-state index in [9.17, 15) is 0 Å². The third kappa shape index (κ3) is 1.36. The van der Waals surface area contributed by atoms with Crippen LogP contribution in [0, 0.1) is 0 Å². The lowest BCUT2D eigenvalue weighted by molar-refractivity contribution is 1.34. The predicted molar refractivity (Wildman–Crippen MR) is 74.7 cm³/mol. The summed E-state index contributed by atoms with van der Waals surface area (Å²) in [6.07, 6.45) is 1.85. The van der Waals surface area contributed by atoms with Crippen molar-refractivity contribution in [1.29, 1.82) is 0 Å². The van der Waals surface area contributed by atoms with Gasteiger partial charge in [-0.05, 0) is 17.5 Å². The molecule has 0 bridgehead atoms. The van der Waals surface area contributed by atoms with Crippen LogP contribution in [0.15, 0.2) is 47.3 Å². The first-order valence-corrected chi connectivity index (χ1v) is 6.62. The van der Waals surface area contributed by atoms with Crippen molar-refractivity contribution in [2.45, 2.75) is 0 Å². The smallest absolute Gasteiger partial charge is 0.139 e. The Kier molecular flexibility index (Phi) is 1.98. The third-order valence-corrected chi connectivity index (χ3v) is 3.70. The summed E-state index contributed by atoms with van der Waals surface area (Å²) in [5, 5.41) is 5.24. The molecular weight excluding hydrogens is 242 g/mol. The lowest BCUT2D eigenvalue weighted by atomic mass is 10.2. The Morgan fingerprint density at radius 3 is 2.94 bits per heavy atom. The number of aromatic nitrogens is 3. The van der Waals surface area contributed by atoms with E-state index in [0.717, 1.165) is 33.3 Å². The van der Waals surface area contributed by atoms with Gasteiger partial charge in [0.15, 0.2) is 0 Å². The molecule has 86 valence electrons. The van der Waals surface area contributed by atoms with Crippen molar-refractivity contribution in [3.8, 4) is 11.4 Å². The highest BCUT2D eigenvalue weighted by Crippen LogP contribution is 2.26. The molecule has 0 saturated heterocycles. The maximum atomic E-state index is 4.69. The Bertz CT molecular complexity index is 831. The molecule has 0 saturated carbocycles. The number of rotatable bonds is 1. The maximum absolute atomic E-state index is 4.69. The number of benzene rings is 1. The molecule has 0 unspecified atom stereocenters. The fraction of sp³-hybridized carbons (Fsp3) is 0. The molecule has 0 atom stereocenters. The molecule has 0 spiro atoms. The highest BCUT2D eigenvalue weighted by atomic mass is 32.1. The van der Waals surface area contributed by atoms with Crippen LogP contribution in [-0.4, -0.2) is 15.0 Å². The first-order valence-electron chi connectivity index (χ1n) is 5.68. The molecule has 0 radical (unpaired) electrons. The molecular formula is C14H9N3S. The van der Waals surface area contributed by atoms with Gasteiger partial charge < -0.3 is 4.98 Å². The van der Waals surface area contributed by atoms with Gasteiger partial charge in [0.1, 0.15) is 5.82 Å². The van der Waals surface area contributed by atoms with Crippen molar-refractivity contribution in [1.82, 2.24) is 15.0 Å². The number of imidazole rings is 1. The van der Waals surface area contributed by atoms with E-state index < -0.39 is 0 Å². The zero-order valence-electron chi connectivity index (χ0n) is 9.42. The van der Waals surface area contributed by atoms with E-state index in [0.29, 0.717) is 0 Å². The van der Waals surface area contributed by atoms with Crippen LogP contribution >= 0.6 is 11.3 Å². The van der Waals surface area contributed by atoms with E-state index in [4.69, 9.17) is 4.98 Å². The van der Waals surface area contributed by atoms with Crippen LogP contribution in [0.25, 0.3) is 33.3 Å².